The Labute approximate surface area is 115 Å². The summed E-state index contributed by atoms with van der Waals surface area (Å²) in [6.45, 7) is 13.4. The molecular formula is C15H25NO3. The van der Waals surface area contributed by atoms with Crippen molar-refractivity contribution >= 4 is 11.9 Å². The summed E-state index contributed by atoms with van der Waals surface area (Å²) < 4.78 is 5.47. The highest BCUT2D eigenvalue weighted by Gasteiger charge is 2.48. The van der Waals surface area contributed by atoms with E-state index < -0.39 is 0 Å². The zero-order valence-corrected chi connectivity index (χ0v) is 12.7. The highest BCUT2D eigenvalue weighted by atomic mass is 16.5. The molecule has 0 aromatic rings. The van der Waals surface area contributed by atoms with Crippen LogP contribution >= 0.6 is 0 Å². The number of hydrogen-bond acceptors (Lipinski definition) is 3. The Kier molecular flexibility index (Phi) is 4.43. The first kappa shape index (κ1) is 15.7. The van der Waals surface area contributed by atoms with Gasteiger partial charge in [0.25, 0.3) is 0 Å². The van der Waals surface area contributed by atoms with E-state index in [1.54, 1.807) is 6.92 Å². The van der Waals surface area contributed by atoms with Gasteiger partial charge in [0.15, 0.2) is 0 Å². The van der Waals surface area contributed by atoms with Crippen molar-refractivity contribution in [2.75, 3.05) is 0 Å². The lowest BCUT2D eigenvalue weighted by molar-refractivity contribution is -0.165. The summed E-state index contributed by atoms with van der Waals surface area (Å²) in [6.07, 6.45) is 2.91. The first-order valence-corrected chi connectivity index (χ1v) is 6.80. The van der Waals surface area contributed by atoms with Crippen LogP contribution in [0.3, 0.4) is 0 Å². The molecule has 1 aliphatic rings. The minimum Gasteiger partial charge on any atom is -0.462 e. The number of carbonyl (C=O) groups excluding carboxylic acids is 2. The molecule has 1 rings (SSSR count). The molecule has 0 spiro atoms. The van der Waals surface area contributed by atoms with Crippen molar-refractivity contribution in [3.05, 3.63) is 12.7 Å². The maximum absolute atomic E-state index is 12.1. The lowest BCUT2D eigenvalue weighted by Gasteiger charge is -2.54. The Hall–Kier alpha value is -1.32. The normalized spacial score (nSPS) is 21.8. The van der Waals surface area contributed by atoms with Crippen molar-refractivity contribution in [3.63, 3.8) is 0 Å². The van der Waals surface area contributed by atoms with Crippen molar-refractivity contribution in [3.8, 4) is 0 Å². The van der Waals surface area contributed by atoms with Gasteiger partial charge in [0.2, 0.25) is 5.91 Å². The van der Waals surface area contributed by atoms with E-state index in [9.17, 15) is 9.59 Å². The maximum atomic E-state index is 12.1. The number of carbonyl (C=O) groups is 2. The number of rotatable bonds is 3. The van der Waals surface area contributed by atoms with Crippen LogP contribution in [0.2, 0.25) is 0 Å². The van der Waals surface area contributed by atoms with E-state index in [0.717, 1.165) is 0 Å². The van der Waals surface area contributed by atoms with E-state index in [2.05, 4.69) is 6.58 Å². The highest BCUT2D eigenvalue weighted by molar-refractivity contribution is 5.88. The van der Waals surface area contributed by atoms with E-state index in [1.165, 1.54) is 6.08 Å². The molecule has 1 heterocycles. The standard InChI is InChI=1S/C15H25NO3/c1-7-12(17)16-14(3,4)9-11(10-15(16,5)6)19-13(18)8-2/h7,11H,1,8-10H2,2-6H3. The van der Waals surface area contributed by atoms with Gasteiger partial charge in [-0.1, -0.05) is 13.5 Å². The molecule has 1 fully saturated rings. The first-order valence-electron chi connectivity index (χ1n) is 6.80. The lowest BCUT2D eigenvalue weighted by atomic mass is 9.78. The van der Waals surface area contributed by atoms with Crippen LogP contribution in [-0.2, 0) is 14.3 Å². The minimum atomic E-state index is -0.355. The molecule has 19 heavy (non-hydrogen) atoms. The van der Waals surface area contributed by atoms with E-state index >= 15 is 0 Å². The molecule has 1 aliphatic heterocycles. The van der Waals surface area contributed by atoms with Crippen LogP contribution in [0, 0.1) is 0 Å². The number of hydrogen-bond donors (Lipinski definition) is 0. The minimum absolute atomic E-state index is 0.0738. The second-order valence-corrected chi connectivity index (χ2v) is 6.38. The van der Waals surface area contributed by atoms with Crippen molar-refractivity contribution in [2.45, 2.75) is 71.1 Å². The monoisotopic (exact) mass is 267 g/mol. The molecule has 0 bridgehead atoms. The molecule has 0 aromatic carbocycles. The molecule has 0 aromatic heterocycles. The molecule has 0 N–H and O–H groups in total. The number of ether oxygens (including phenoxy) is 1. The summed E-state index contributed by atoms with van der Waals surface area (Å²) in [5, 5.41) is 0. The average Bonchev–Trinajstić information content (AvgIpc) is 2.24. The van der Waals surface area contributed by atoms with Gasteiger partial charge in [-0.3, -0.25) is 9.59 Å². The number of amides is 1. The van der Waals surface area contributed by atoms with Gasteiger partial charge in [0, 0.05) is 30.3 Å². The summed E-state index contributed by atoms with van der Waals surface area (Å²) in [7, 11) is 0. The fourth-order valence-corrected chi connectivity index (χ4v) is 3.23. The van der Waals surface area contributed by atoms with Gasteiger partial charge in [0.1, 0.15) is 6.10 Å². The molecule has 0 radical (unpaired) electrons. The first-order chi connectivity index (χ1) is 8.64. The second-order valence-electron chi connectivity index (χ2n) is 6.38. The quantitative estimate of drug-likeness (QED) is 0.583. The molecule has 0 atom stereocenters. The third kappa shape index (κ3) is 3.37. The van der Waals surface area contributed by atoms with Crippen molar-refractivity contribution < 1.29 is 14.3 Å². The molecular weight excluding hydrogens is 242 g/mol. The van der Waals surface area contributed by atoms with Gasteiger partial charge >= 0.3 is 5.97 Å². The topological polar surface area (TPSA) is 46.6 Å². The predicted octanol–water partition coefficient (Wildman–Crippen LogP) is 2.67. The van der Waals surface area contributed by atoms with Gasteiger partial charge in [-0.25, -0.2) is 0 Å². The number of likely N-dealkylation sites (tertiary alicyclic amines) is 1. The van der Waals surface area contributed by atoms with Crippen molar-refractivity contribution in [1.29, 1.82) is 0 Å². The molecule has 4 heteroatoms. The summed E-state index contributed by atoms with van der Waals surface area (Å²) in [5.74, 6) is -0.254. The smallest absolute Gasteiger partial charge is 0.305 e. The van der Waals surface area contributed by atoms with Crippen LogP contribution in [0.1, 0.15) is 53.9 Å². The molecule has 4 nitrogen and oxygen atoms in total. The molecule has 0 saturated carbocycles. The average molecular weight is 267 g/mol. The zero-order chi connectivity index (χ0) is 14.8. The summed E-state index contributed by atoms with van der Waals surface area (Å²) in [5.41, 5.74) is -0.711. The summed E-state index contributed by atoms with van der Waals surface area (Å²) in [4.78, 5) is 25.4. The Morgan fingerprint density at radius 1 is 1.26 bits per heavy atom. The van der Waals surface area contributed by atoms with Gasteiger partial charge < -0.3 is 9.64 Å². The molecule has 0 aliphatic carbocycles. The van der Waals surface area contributed by atoms with Gasteiger partial charge in [-0.2, -0.15) is 0 Å². The Bertz CT molecular complexity index is 367. The summed E-state index contributed by atoms with van der Waals surface area (Å²) >= 11 is 0. The summed E-state index contributed by atoms with van der Waals surface area (Å²) in [6, 6.07) is 0. The zero-order valence-electron chi connectivity index (χ0n) is 12.7. The molecule has 1 saturated heterocycles. The van der Waals surface area contributed by atoms with E-state index in [4.69, 9.17) is 4.74 Å². The van der Waals surface area contributed by atoms with E-state index in [0.29, 0.717) is 19.3 Å². The van der Waals surface area contributed by atoms with Crippen LogP contribution in [0.25, 0.3) is 0 Å². The predicted molar refractivity (Wildman–Crippen MR) is 74.6 cm³/mol. The van der Waals surface area contributed by atoms with Crippen LogP contribution in [0.5, 0.6) is 0 Å². The van der Waals surface area contributed by atoms with Crippen LogP contribution in [0.4, 0.5) is 0 Å². The van der Waals surface area contributed by atoms with Gasteiger partial charge in [-0.05, 0) is 33.8 Å². The third-order valence-corrected chi connectivity index (χ3v) is 3.65. The molecule has 108 valence electrons. The van der Waals surface area contributed by atoms with Crippen molar-refractivity contribution in [2.24, 2.45) is 0 Å². The molecule has 0 unspecified atom stereocenters. The van der Waals surface area contributed by atoms with E-state index in [-0.39, 0.29) is 29.1 Å². The van der Waals surface area contributed by atoms with Crippen LogP contribution < -0.4 is 0 Å². The Morgan fingerprint density at radius 3 is 2.11 bits per heavy atom. The SMILES string of the molecule is C=CC(=O)N1C(C)(C)CC(OC(=O)CC)CC1(C)C. The highest BCUT2D eigenvalue weighted by Crippen LogP contribution is 2.39. The van der Waals surface area contributed by atoms with Gasteiger partial charge in [0.05, 0.1) is 0 Å². The fourth-order valence-electron chi connectivity index (χ4n) is 3.23. The molecule has 1 amide bonds. The number of esters is 1. The van der Waals surface area contributed by atoms with Gasteiger partial charge in [-0.15, -0.1) is 0 Å². The number of piperidine rings is 1. The second kappa shape index (κ2) is 5.35. The Balaban J connectivity index is 2.96. The third-order valence-electron chi connectivity index (χ3n) is 3.65. The number of nitrogens with zero attached hydrogens (tertiary/aromatic N) is 1. The largest absolute Gasteiger partial charge is 0.462 e. The van der Waals surface area contributed by atoms with Crippen LogP contribution in [0.15, 0.2) is 12.7 Å². The van der Waals surface area contributed by atoms with E-state index in [1.807, 2.05) is 32.6 Å². The van der Waals surface area contributed by atoms with Crippen LogP contribution in [-0.4, -0.2) is 34.0 Å². The fraction of sp³-hybridized carbons (Fsp3) is 0.733. The van der Waals surface area contributed by atoms with Crippen molar-refractivity contribution in [1.82, 2.24) is 4.90 Å². The maximum Gasteiger partial charge on any atom is 0.305 e. The lowest BCUT2D eigenvalue weighted by Crippen LogP contribution is -2.64. The Morgan fingerprint density at radius 2 is 1.74 bits per heavy atom.